The molecule has 4 aliphatic rings. The summed E-state index contributed by atoms with van der Waals surface area (Å²) in [5, 5.41) is 8.01. The van der Waals surface area contributed by atoms with Crippen molar-refractivity contribution in [3.05, 3.63) is 0 Å². The molecule has 4 heterocycles. The number of fused-ring (bicyclic) bond motifs is 4. The summed E-state index contributed by atoms with van der Waals surface area (Å²) in [6.45, 7) is -0.208. The summed E-state index contributed by atoms with van der Waals surface area (Å²) >= 11 is 0. The molecule has 4 aliphatic heterocycles. The molecule has 280 valence electrons. The number of piperidine rings is 2. The van der Waals surface area contributed by atoms with Crippen molar-refractivity contribution < 1.29 is 76.6 Å². The van der Waals surface area contributed by atoms with Gasteiger partial charge in [0.15, 0.2) is 0 Å². The second kappa shape index (κ2) is 16.3. The lowest BCUT2D eigenvalue weighted by Gasteiger charge is -2.28. The van der Waals surface area contributed by atoms with Crippen molar-refractivity contribution in [3.8, 4) is 0 Å². The number of primary amides is 1. The summed E-state index contributed by atoms with van der Waals surface area (Å²) in [6, 6.07) is -5.44. The number of hydrogen-bond acceptors (Lipinski definition) is 15. The summed E-state index contributed by atoms with van der Waals surface area (Å²) in [4.78, 5) is 70.6. The van der Waals surface area contributed by atoms with Crippen LogP contribution in [-0.2, 0) is 58.8 Å². The van der Waals surface area contributed by atoms with Gasteiger partial charge in [0.05, 0.1) is 25.3 Å². The van der Waals surface area contributed by atoms with Crippen LogP contribution in [0.1, 0.15) is 25.7 Å². The van der Waals surface area contributed by atoms with Gasteiger partial charge in [-0.15, -0.1) is 8.57 Å². The molecule has 4 atom stereocenters. The van der Waals surface area contributed by atoms with E-state index in [1.54, 1.807) is 0 Å². The number of carbonyl (C=O) groups is 5. The second-order valence-corrected chi connectivity index (χ2v) is 13.8. The van der Waals surface area contributed by atoms with E-state index in [0.717, 1.165) is 9.80 Å². The molecule has 0 spiro atoms. The zero-order valence-electron chi connectivity index (χ0n) is 25.1. The Labute approximate surface area is 278 Å². The number of amides is 8. The topological polar surface area (TPSA) is 378 Å². The molecule has 4 saturated heterocycles. The monoisotopic (exact) mass is 770 g/mol. The highest BCUT2D eigenvalue weighted by Crippen LogP contribution is 2.31. The molecule has 4 bridgehead atoms. The van der Waals surface area contributed by atoms with Crippen LogP contribution in [-0.4, -0.2) is 148 Å². The predicted molar refractivity (Wildman–Crippen MR) is 154 cm³/mol. The van der Waals surface area contributed by atoms with Crippen molar-refractivity contribution in [1.82, 2.24) is 40.9 Å². The summed E-state index contributed by atoms with van der Waals surface area (Å²) in [6.07, 6.45) is 1.05. The van der Waals surface area contributed by atoms with E-state index in [0.29, 0.717) is 16.5 Å². The third-order valence-corrected chi connectivity index (χ3v) is 8.26. The quantitative estimate of drug-likeness (QED) is 0.0437. The van der Waals surface area contributed by atoms with Crippen LogP contribution in [0.2, 0.25) is 0 Å². The molecule has 8 amide bonds. The first-order valence-corrected chi connectivity index (χ1v) is 18.1. The summed E-state index contributed by atoms with van der Waals surface area (Å²) in [5.74, 6) is -1.27. The SMILES string of the molecule is NC(=O)NCCONC(=O)[C@@H]1CC[C@@H]2CN1C(=O)N2OS(=O)(=O)O.NS(=O)(=O)NCCONC(=O)[C@@H]1CC[C@@H]2CN1C(=O)N2OS(=O)(=O)O. The van der Waals surface area contributed by atoms with Crippen molar-refractivity contribution in [3.63, 3.8) is 0 Å². The van der Waals surface area contributed by atoms with Gasteiger partial charge in [0, 0.05) is 26.2 Å². The Morgan fingerprint density at radius 3 is 1.51 bits per heavy atom. The standard InChI is InChI=1S/C10H17N5O8S.C9H17N5O9S2/c11-9(17)12-3-4-22-13-8(16)7-2-1-6-5-14(7)10(18)15(6)23-24(19,20)21;10-24(17,18)11-3-4-22-12-8(15)7-2-1-6-5-13(7)9(16)14(6)23-25(19,20)21/h6-7H,1-5H2,(H,13,16)(H3,11,12,17)(H,19,20,21);6-7,11H,1-5H2,(H,12,15)(H2,10,17,18)(H,19,20,21)/t2*6-,7+/m11/s1. The number of nitrogens with one attached hydrogen (secondary N) is 4. The van der Waals surface area contributed by atoms with Crippen molar-refractivity contribution in [2.45, 2.75) is 49.9 Å². The Balaban J connectivity index is 0.000000266. The number of rotatable bonds is 15. The summed E-state index contributed by atoms with van der Waals surface area (Å²) in [5.41, 5.74) is 9.06. The number of urea groups is 3. The van der Waals surface area contributed by atoms with E-state index >= 15 is 0 Å². The summed E-state index contributed by atoms with van der Waals surface area (Å²) < 4.78 is 92.2. The van der Waals surface area contributed by atoms with Gasteiger partial charge >= 0.3 is 38.9 Å². The molecule has 4 rings (SSSR count). The molecular formula is C19H34N10O17S3. The van der Waals surface area contributed by atoms with E-state index in [1.807, 2.05) is 4.72 Å². The fourth-order valence-electron chi connectivity index (χ4n) is 5.05. The lowest BCUT2D eigenvalue weighted by Crippen LogP contribution is -2.50. The minimum atomic E-state index is -4.86. The molecule has 49 heavy (non-hydrogen) atoms. The number of hydroxylamine groups is 6. The molecule has 4 fully saturated rings. The van der Waals surface area contributed by atoms with Crippen molar-refractivity contribution in [2.75, 3.05) is 39.4 Å². The van der Waals surface area contributed by atoms with Gasteiger partial charge < -0.3 is 20.9 Å². The number of nitrogens with zero attached hydrogens (tertiary/aromatic N) is 4. The van der Waals surface area contributed by atoms with Gasteiger partial charge in [0.1, 0.15) is 12.1 Å². The van der Waals surface area contributed by atoms with Crippen LogP contribution < -0.4 is 31.9 Å². The molecule has 0 saturated carbocycles. The third kappa shape index (κ3) is 12.0. The minimum Gasteiger partial charge on any atom is -0.352 e. The van der Waals surface area contributed by atoms with E-state index in [2.05, 4.69) is 24.8 Å². The molecule has 27 nitrogen and oxygen atoms in total. The highest BCUT2D eigenvalue weighted by Gasteiger charge is 2.50. The number of hydrogen-bond donors (Lipinski definition) is 8. The molecule has 0 aromatic rings. The maximum atomic E-state index is 12.1. The average molecular weight is 771 g/mol. The zero-order valence-corrected chi connectivity index (χ0v) is 27.5. The summed E-state index contributed by atoms with van der Waals surface area (Å²) in [7, 11) is -13.6. The predicted octanol–water partition coefficient (Wildman–Crippen LogP) is -5.46. The molecule has 0 aliphatic carbocycles. The normalized spacial score (nSPS) is 23.6. The van der Waals surface area contributed by atoms with Gasteiger partial charge in [0.2, 0.25) is 0 Å². The Morgan fingerprint density at radius 2 is 1.14 bits per heavy atom. The zero-order chi connectivity index (χ0) is 36.7. The lowest BCUT2D eigenvalue weighted by atomic mass is 10.0. The first kappa shape index (κ1) is 39.7. The van der Waals surface area contributed by atoms with Crippen LogP contribution >= 0.6 is 0 Å². The first-order chi connectivity index (χ1) is 22.7. The van der Waals surface area contributed by atoms with Crippen molar-refractivity contribution in [1.29, 1.82) is 0 Å². The lowest BCUT2D eigenvalue weighted by molar-refractivity contribution is -0.139. The largest absolute Gasteiger partial charge is 0.418 e. The molecule has 0 aromatic carbocycles. The van der Waals surface area contributed by atoms with Crippen LogP contribution in [0, 0.1) is 0 Å². The Hall–Kier alpha value is -3.72. The first-order valence-electron chi connectivity index (χ1n) is 13.8. The van der Waals surface area contributed by atoms with Gasteiger partial charge in [-0.2, -0.15) is 35.4 Å². The van der Waals surface area contributed by atoms with E-state index < -0.39 is 85.1 Å². The second-order valence-electron chi connectivity index (χ2n) is 10.4. The fraction of sp³-hybridized carbons (Fsp3) is 0.737. The van der Waals surface area contributed by atoms with Gasteiger partial charge in [-0.3, -0.25) is 28.4 Å². The van der Waals surface area contributed by atoms with E-state index in [4.69, 9.17) is 29.7 Å². The molecule has 0 aromatic heterocycles. The van der Waals surface area contributed by atoms with Crippen LogP contribution in [0.5, 0.6) is 0 Å². The van der Waals surface area contributed by atoms with Crippen LogP contribution in [0.25, 0.3) is 0 Å². The minimum absolute atomic E-state index is 0.0318. The van der Waals surface area contributed by atoms with Crippen molar-refractivity contribution >= 4 is 60.9 Å². The van der Waals surface area contributed by atoms with E-state index in [1.165, 1.54) is 0 Å². The fourth-order valence-corrected chi connectivity index (χ4v) is 6.19. The van der Waals surface area contributed by atoms with Gasteiger partial charge in [-0.25, -0.2) is 35.2 Å². The third-order valence-electron chi connectivity index (χ3n) is 6.96. The number of nitrogens with two attached hydrogens (primary N) is 2. The van der Waals surface area contributed by atoms with Crippen molar-refractivity contribution in [2.24, 2.45) is 10.9 Å². The molecule has 10 N–H and O–H groups in total. The van der Waals surface area contributed by atoms with Crippen LogP contribution in [0.3, 0.4) is 0 Å². The maximum absolute atomic E-state index is 12.1. The van der Waals surface area contributed by atoms with E-state index in [-0.39, 0.29) is 58.7 Å². The van der Waals surface area contributed by atoms with Gasteiger partial charge in [-0.1, -0.05) is 0 Å². The molecule has 0 unspecified atom stereocenters. The average Bonchev–Trinajstić information content (AvgIpc) is 3.34. The highest BCUT2D eigenvalue weighted by molar-refractivity contribution is 7.87. The Bertz CT molecular complexity index is 1600. The smallest absolute Gasteiger partial charge is 0.352 e. The molecule has 30 heteroatoms. The maximum Gasteiger partial charge on any atom is 0.418 e. The van der Waals surface area contributed by atoms with Gasteiger partial charge in [-0.05, 0) is 25.7 Å². The van der Waals surface area contributed by atoms with E-state index in [9.17, 15) is 49.2 Å². The van der Waals surface area contributed by atoms with Gasteiger partial charge in [0.25, 0.3) is 22.0 Å². The molecule has 0 radical (unpaired) electrons. The Kier molecular flexibility index (Phi) is 13.2. The number of carbonyl (C=O) groups excluding carboxylic acids is 5. The van der Waals surface area contributed by atoms with Crippen LogP contribution in [0.4, 0.5) is 14.4 Å². The highest BCUT2D eigenvalue weighted by atomic mass is 32.3. The van der Waals surface area contributed by atoms with Crippen LogP contribution in [0.15, 0.2) is 0 Å². The Morgan fingerprint density at radius 1 is 0.735 bits per heavy atom. The molecular weight excluding hydrogens is 736 g/mol.